The van der Waals surface area contributed by atoms with Crippen molar-refractivity contribution in [2.75, 3.05) is 7.05 Å². The van der Waals surface area contributed by atoms with Gasteiger partial charge < -0.3 is 5.32 Å². The number of hydrogen-bond acceptors (Lipinski definition) is 2. The lowest BCUT2D eigenvalue weighted by Gasteiger charge is -1.96. The van der Waals surface area contributed by atoms with Gasteiger partial charge in [0.05, 0.1) is 0 Å². The Morgan fingerprint density at radius 1 is 1.13 bits per heavy atom. The van der Waals surface area contributed by atoms with Crippen LogP contribution in [0.15, 0.2) is 36.4 Å². The number of halogens is 1. The summed E-state index contributed by atoms with van der Waals surface area (Å²) in [5, 5.41) is 3.11. The molecule has 1 N–H and O–H groups in total. The van der Waals surface area contributed by atoms with Gasteiger partial charge in [0, 0.05) is 16.3 Å². The molecule has 0 saturated carbocycles. The first kappa shape index (κ1) is 10.3. The lowest BCUT2D eigenvalue weighted by Crippen LogP contribution is -2.02. The smallest absolute Gasteiger partial charge is 0.123 e. The zero-order valence-corrected chi connectivity index (χ0v) is 9.27. The maximum absolute atomic E-state index is 12.7. The fraction of sp³-hybridized carbons (Fsp3) is 0.167. The minimum atomic E-state index is -0.189. The largest absolute Gasteiger partial charge is 0.315 e. The molecule has 78 valence electrons. The summed E-state index contributed by atoms with van der Waals surface area (Å²) in [5.41, 5.74) is 1.07. The predicted molar refractivity (Wildman–Crippen MR) is 62.5 cm³/mol. The van der Waals surface area contributed by atoms with Crippen molar-refractivity contribution >= 4 is 11.3 Å². The first-order valence-corrected chi connectivity index (χ1v) is 5.60. The summed E-state index contributed by atoms with van der Waals surface area (Å²) in [4.78, 5) is 2.47. The van der Waals surface area contributed by atoms with Crippen LogP contribution < -0.4 is 5.32 Å². The van der Waals surface area contributed by atoms with E-state index in [9.17, 15) is 4.39 Å². The molecule has 1 aromatic carbocycles. The Kier molecular flexibility index (Phi) is 3.14. The van der Waals surface area contributed by atoms with E-state index in [0.717, 1.165) is 12.1 Å². The van der Waals surface area contributed by atoms with Crippen LogP contribution in [0.2, 0.25) is 0 Å². The predicted octanol–water partition coefficient (Wildman–Crippen LogP) is 3.27. The van der Waals surface area contributed by atoms with Gasteiger partial charge in [0.25, 0.3) is 0 Å². The molecule has 0 aliphatic carbocycles. The summed E-state index contributed by atoms with van der Waals surface area (Å²) < 4.78 is 12.7. The minimum absolute atomic E-state index is 0.189. The molecule has 0 unspecified atom stereocenters. The maximum atomic E-state index is 12.7. The molecule has 0 amide bonds. The van der Waals surface area contributed by atoms with Crippen LogP contribution >= 0.6 is 11.3 Å². The van der Waals surface area contributed by atoms with Gasteiger partial charge in [-0.1, -0.05) is 12.1 Å². The number of hydrogen-bond donors (Lipinski definition) is 1. The topological polar surface area (TPSA) is 12.0 Å². The molecule has 0 aliphatic heterocycles. The van der Waals surface area contributed by atoms with E-state index >= 15 is 0 Å². The molecule has 3 heteroatoms. The highest BCUT2D eigenvalue weighted by Gasteiger charge is 2.02. The van der Waals surface area contributed by atoms with E-state index in [0.29, 0.717) is 0 Å². The van der Waals surface area contributed by atoms with E-state index < -0.39 is 0 Å². The number of nitrogens with one attached hydrogen (secondary N) is 1. The van der Waals surface area contributed by atoms with Crippen molar-refractivity contribution in [3.8, 4) is 10.4 Å². The average Bonchev–Trinajstić information content (AvgIpc) is 2.68. The van der Waals surface area contributed by atoms with E-state index in [-0.39, 0.29) is 5.82 Å². The van der Waals surface area contributed by atoms with Gasteiger partial charge in [0.2, 0.25) is 0 Å². The fourth-order valence-corrected chi connectivity index (χ4v) is 2.44. The summed E-state index contributed by atoms with van der Waals surface area (Å²) in [6.45, 7) is 0.881. The van der Waals surface area contributed by atoms with E-state index in [4.69, 9.17) is 0 Å². The molecule has 0 saturated heterocycles. The summed E-state index contributed by atoms with van der Waals surface area (Å²) >= 11 is 1.73. The third-order valence-corrected chi connectivity index (χ3v) is 3.28. The van der Waals surface area contributed by atoms with Gasteiger partial charge in [0.15, 0.2) is 0 Å². The van der Waals surface area contributed by atoms with Crippen molar-refractivity contribution in [1.82, 2.24) is 5.32 Å². The Bertz CT molecular complexity index is 433. The normalized spacial score (nSPS) is 10.5. The van der Waals surface area contributed by atoms with Crippen LogP contribution in [-0.4, -0.2) is 7.05 Å². The Hall–Kier alpha value is -1.19. The molecule has 0 spiro atoms. The summed E-state index contributed by atoms with van der Waals surface area (Å²) in [6.07, 6.45) is 0. The molecule has 0 radical (unpaired) electrons. The second-order valence-corrected chi connectivity index (χ2v) is 4.47. The van der Waals surface area contributed by atoms with Crippen LogP contribution in [0, 0.1) is 5.82 Å². The summed E-state index contributed by atoms with van der Waals surface area (Å²) in [7, 11) is 1.93. The first-order valence-electron chi connectivity index (χ1n) is 4.79. The molecule has 2 aromatic rings. The first-order chi connectivity index (χ1) is 7.29. The van der Waals surface area contributed by atoms with Gasteiger partial charge in [0.1, 0.15) is 5.82 Å². The SMILES string of the molecule is CNCc1ccc(-c2ccc(F)cc2)s1. The molecule has 15 heavy (non-hydrogen) atoms. The van der Waals surface area contributed by atoms with Crippen molar-refractivity contribution in [2.24, 2.45) is 0 Å². The number of thiophene rings is 1. The monoisotopic (exact) mass is 221 g/mol. The molecule has 2 rings (SSSR count). The molecule has 0 atom stereocenters. The fourth-order valence-electron chi connectivity index (χ4n) is 1.42. The Balaban J connectivity index is 2.25. The van der Waals surface area contributed by atoms with Crippen LogP contribution in [0.5, 0.6) is 0 Å². The molecular formula is C12H12FNS. The second-order valence-electron chi connectivity index (χ2n) is 3.30. The van der Waals surface area contributed by atoms with Gasteiger partial charge in [-0.3, -0.25) is 0 Å². The molecule has 0 fully saturated rings. The van der Waals surface area contributed by atoms with Gasteiger partial charge in [-0.05, 0) is 36.9 Å². The van der Waals surface area contributed by atoms with Crippen LogP contribution in [-0.2, 0) is 6.54 Å². The Labute approximate surface area is 92.6 Å². The standard InChI is InChI=1S/C12H12FNS/c1-14-8-11-6-7-12(15-11)9-2-4-10(13)5-3-9/h2-7,14H,8H2,1H3. The van der Waals surface area contributed by atoms with Gasteiger partial charge in [-0.2, -0.15) is 0 Å². The zero-order valence-electron chi connectivity index (χ0n) is 8.46. The van der Waals surface area contributed by atoms with Crippen LogP contribution in [0.25, 0.3) is 10.4 Å². The van der Waals surface area contributed by atoms with E-state index in [1.807, 2.05) is 19.2 Å². The quantitative estimate of drug-likeness (QED) is 0.838. The van der Waals surface area contributed by atoms with Gasteiger partial charge in [-0.25, -0.2) is 4.39 Å². The maximum Gasteiger partial charge on any atom is 0.123 e. The summed E-state index contributed by atoms with van der Waals surface area (Å²) in [5.74, 6) is -0.189. The van der Waals surface area contributed by atoms with E-state index in [1.54, 1.807) is 11.3 Å². The molecular weight excluding hydrogens is 209 g/mol. The molecule has 1 nitrogen and oxygen atoms in total. The average molecular weight is 221 g/mol. The zero-order chi connectivity index (χ0) is 10.7. The third kappa shape index (κ3) is 2.43. The molecule has 0 aliphatic rings. The van der Waals surface area contributed by atoms with Crippen molar-refractivity contribution in [2.45, 2.75) is 6.54 Å². The minimum Gasteiger partial charge on any atom is -0.315 e. The van der Waals surface area contributed by atoms with Gasteiger partial charge in [-0.15, -0.1) is 11.3 Å². The Morgan fingerprint density at radius 2 is 1.87 bits per heavy atom. The van der Waals surface area contributed by atoms with Crippen LogP contribution in [0.4, 0.5) is 4.39 Å². The van der Waals surface area contributed by atoms with Crippen molar-refractivity contribution < 1.29 is 4.39 Å². The van der Waals surface area contributed by atoms with Crippen LogP contribution in [0.3, 0.4) is 0 Å². The van der Waals surface area contributed by atoms with E-state index in [1.165, 1.54) is 21.9 Å². The second kappa shape index (κ2) is 4.55. The highest BCUT2D eigenvalue weighted by Crippen LogP contribution is 2.27. The third-order valence-electron chi connectivity index (χ3n) is 2.14. The van der Waals surface area contributed by atoms with Crippen molar-refractivity contribution in [3.63, 3.8) is 0 Å². The summed E-state index contributed by atoms with van der Waals surface area (Å²) in [6, 6.07) is 10.8. The highest BCUT2D eigenvalue weighted by atomic mass is 32.1. The highest BCUT2D eigenvalue weighted by molar-refractivity contribution is 7.15. The lowest BCUT2D eigenvalue weighted by atomic mass is 10.2. The molecule has 0 bridgehead atoms. The van der Waals surface area contributed by atoms with Crippen molar-refractivity contribution in [3.05, 3.63) is 47.1 Å². The number of benzene rings is 1. The van der Waals surface area contributed by atoms with Crippen molar-refractivity contribution in [1.29, 1.82) is 0 Å². The Morgan fingerprint density at radius 3 is 2.53 bits per heavy atom. The molecule has 1 heterocycles. The number of rotatable bonds is 3. The van der Waals surface area contributed by atoms with E-state index in [2.05, 4.69) is 17.4 Å². The van der Waals surface area contributed by atoms with Gasteiger partial charge >= 0.3 is 0 Å². The molecule has 1 aromatic heterocycles. The lowest BCUT2D eigenvalue weighted by molar-refractivity contribution is 0.628. The van der Waals surface area contributed by atoms with Crippen LogP contribution in [0.1, 0.15) is 4.88 Å².